The van der Waals surface area contributed by atoms with Crippen LogP contribution in [0.1, 0.15) is 0 Å². The van der Waals surface area contributed by atoms with E-state index < -0.39 is 0 Å². The highest BCUT2D eigenvalue weighted by molar-refractivity contribution is 6.74. The third-order valence-corrected chi connectivity index (χ3v) is 12.7. The molecule has 1 aromatic heterocycles. The molecule has 0 amide bonds. The average Bonchev–Trinajstić information content (AvgIpc) is 3.75. The van der Waals surface area contributed by atoms with Crippen molar-refractivity contribution in [2.24, 2.45) is 0 Å². The number of rotatable bonds is 8. The van der Waals surface area contributed by atoms with E-state index in [-0.39, 0.29) is 0 Å². The fourth-order valence-electron chi connectivity index (χ4n) is 9.56. The Morgan fingerprint density at radius 2 is 0.891 bits per heavy atom. The molecule has 11 aromatic rings. The van der Waals surface area contributed by atoms with Crippen molar-refractivity contribution < 1.29 is 4.42 Å². The van der Waals surface area contributed by atoms with Crippen LogP contribution in [0.25, 0.3) is 77.6 Å². The highest BCUT2D eigenvalue weighted by atomic mass is 16.3. The van der Waals surface area contributed by atoms with E-state index in [1.807, 2.05) is 0 Å². The third-order valence-electron chi connectivity index (χ3n) is 12.7. The minimum Gasteiger partial charge on any atom is -0.456 e. The van der Waals surface area contributed by atoms with Gasteiger partial charge >= 0.3 is 0 Å². The SMILES string of the molecule is B1c2cc(-c3ccccc3)ccc2N(c2ccc(-c3ccccc3)cc2)c2c1c(-c1cc(-c3ccccc3)ccc1Nc1ccc(-c3ccccc3)cc1)cc1oc3ccccc3c21. The number of nitrogens with zero attached hydrogens (tertiary/aromatic N) is 1. The molecule has 0 unspecified atom stereocenters. The van der Waals surface area contributed by atoms with Crippen LogP contribution in [0.4, 0.5) is 28.4 Å². The van der Waals surface area contributed by atoms with E-state index in [0.717, 1.165) is 68.7 Å². The second-order valence-electron chi connectivity index (χ2n) is 16.6. The first-order valence-corrected chi connectivity index (χ1v) is 22.0. The van der Waals surface area contributed by atoms with E-state index in [4.69, 9.17) is 4.42 Å². The Bertz CT molecular complexity index is 3460. The van der Waals surface area contributed by atoms with Gasteiger partial charge in [0, 0.05) is 33.7 Å². The quantitative estimate of drug-likeness (QED) is 0.155. The fourth-order valence-corrected chi connectivity index (χ4v) is 9.56. The van der Waals surface area contributed by atoms with Crippen LogP contribution in [0.2, 0.25) is 0 Å². The van der Waals surface area contributed by atoms with Gasteiger partial charge in [-0.25, -0.2) is 0 Å². The van der Waals surface area contributed by atoms with Gasteiger partial charge in [0.05, 0.1) is 11.1 Å². The number of fused-ring (bicyclic) bond motifs is 6. The van der Waals surface area contributed by atoms with Crippen LogP contribution in [0.5, 0.6) is 0 Å². The molecular weight excluding hydrogens is 775 g/mol. The lowest BCUT2D eigenvalue weighted by atomic mass is 9.57. The van der Waals surface area contributed by atoms with Crippen molar-refractivity contribution in [1.29, 1.82) is 0 Å². The molecule has 4 heteroatoms. The molecular formula is C60H41BN2O. The largest absolute Gasteiger partial charge is 0.456 e. The molecule has 3 nitrogen and oxygen atoms in total. The molecule has 0 saturated heterocycles. The summed E-state index contributed by atoms with van der Waals surface area (Å²) in [5.74, 6) is 0. The van der Waals surface area contributed by atoms with Gasteiger partial charge in [-0.05, 0) is 110 Å². The van der Waals surface area contributed by atoms with Crippen LogP contribution in [0.3, 0.4) is 0 Å². The van der Waals surface area contributed by atoms with Gasteiger partial charge in [-0.3, -0.25) is 0 Å². The van der Waals surface area contributed by atoms with Crippen LogP contribution >= 0.6 is 0 Å². The zero-order valence-electron chi connectivity index (χ0n) is 35.1. The molecule has 2 heterocycles. The molecule has 0 bridgehead atoms. The molecule has 0 spiro atoms. The molecule has 1 aliphatic rings. The second kappa shape index (κ2) is 15.8. The number of benzene rings is 10. The summed E-state index contributed by atoms with van der Waals surface area (Å²) in [5.41, 5.74) is 21.4. The first-order chi connectivity index (χ1) is 31.7. The summed E-state index contributed by atoms with van der Waals surface area (Å²) in [7, 11) is 0.732. The van der Waals surface area contributed by atoms with E-state index >= 15 is 0 Å². The lowest BCUT2D eigenvalue weighted by Crippen LogP contribution is -2.41. The Balaban J connectivity index is 1.10. The van der Waals surface area contributed by atoms with E-state index in [2.05, 4.69) is 247 Å². The number of hydrogen-bond donors (Lipinski definition) is 1. The zero-order valence-corrected chi connectivity index (χ0v) is 35.1. The maximum Gasteiger partial charge on any atom is 0.198 e. The predicted molar refractivity (Wildman–Crippen MR) is 272 cm³/mol. The van der Waals surface area contributed by atoms with Gasteiger partial charge in [0.25, 0.3) is 0 Å². The van der Waals surface area contributed by atoms with Crippen LogP contribution < -0.4 is 21.1 Å². The Morgan fingerprint density at radius 3 is 1.52 bits per heavy atom. The zero-order chi connectivity index (χ0) is 42.4. The molecule has 64 heavy (non-hydrogen) atoms. The first kappa shape index (κ1) is 37.4. The lowest BCUT2D eigenvalue weighted by Gasteiger charge is -2.36. The van der Waals surface area contributed by atoms with Gasteiger partial charge < -0.3 is 14.6 Å². The fraction of sp³-hybridized carbons (Fsp3) is 0. The van der Waals surface area contributed by atoms with Crippen molar-refractivity contribution in [3.8, 4) is 55.6 Å². The lowest BCUT2D eigenvalue weighted by molar-refractivity contribution is 0.669. The Morgan fingerprint density at radius 1 is 0.391 bits per heavy atom. The van der Waals surface area contributed by atoms with E-state index in [0.29, 0.717) is 0 Å². The van der Waals surface area contributed by atoms with Crippen molar-refractivity contribution in [3.05, 3.63) is 237 Å². The van der Waals surface area contributed by atoms with Gasteiger partial charge in [-0.2, -0.15) is 0 Å². The van der Waals surface area contributed by atoms with Crippen LogP contribution in [-0.4, -0.2) is 7.28 Å². The molecule has 0 atom stereocenters. The average molecular weight is 817 g/mol. The molecule has 0 saturated carbocycles. The number of nitrogens with one attached hydrogen (secondary N) is 1. The number of furan rings is 1. The summed E-state index contributed by atoms with van der Waals surface area (Å²) in [6.45, 7) is 0. The highest BCUT2D eigenvalue weighted by Crippen LogP contribution is 2.47. The monoisotopic (exact) mass is 816 g/mol. The minimum atomic E-state index is 0.732. The molecule has 0 fully saturated rings. The third kappa shape index (κ3) is 6.73. The maximum atomic E-state index is 6.89. The van der Waals surface area contributed by atoms with Crippen molar-refractivity contribution >= 4 is 68.6 Å². The molecule has 12 rings (SSSR count). The van der Waals surface area contributed by atoms with Crippen LogP contribution in [0, 0.1) is 0 Å². The van der Waals surface area contributed by atoms with Crippen molar-refractivity contribution in [1.82, 2.24) is 0 Å². The molecule has 0 radical (unpaired) electrons. The summed E-state index contributed by atoms with van der Waals surface area (Å²) in [6.07, 6.45) is 0. The molecule has 0 aliphatic carbocycles. The Labute approximate surface area is 373 Å². The summed E-state index contributed by atoms with van der Waals surface area (Å²) in [5, 5.41) is 6.10. The van der Waals surface area contributed by atoms with Gasteiger partial charge in [-0.15, -0.1) is 0 Å². The molecule has 10 aromatic carbocycles. The van der Waals surface area contributed by atoms with Crippen LogP contribution in [-0.2, 0) is 0 Å². The summed E-state index contributed by atoms with van der Waals surface area (Å²) in [6, 6.07) is 84.9. The van der Waals surface area contributed by atoms with Crippen molar-refractivity contribution in [2.75, 3.05) is 10.2 Å². The van der Waals surface area contributed by atoms with E-state index in [1.165, 1.54) is 55.6 Å². The molecule has 1 aliphatic heterocycles. The van der Waals surface area contributed by atoms with Gasteiger partial charge in [0.15, 0.2) is 7.28 Å². The topological polar surface area (TPSA) is 28.4 Å². The number of para-hydroxylation sites is 1. The molecule has 300 valence electrons. The highest BCUT2D eigenvalue weighted by Gasteiger charge is 2.32. The number of anilines is 5. The standard InChI is InChI=1S/C60H41BN2O/c1-5-15-40(16-6-1)44-25-31-48(32-26-44)62-54-35-29-46(42-19-9-3-10-20-42)37-51(54)52-39-57-58(50-23-13-14-24-56(50)64-57)60-59(52)61-53-38-47(43-21-11-4-12-22-43)30-36-55(53)63(60)49-33-27-45(28-34-49)41-17-7-2-8-18-41/h1-39,61-62H. The van der Waals surface area contributed by atoms with Crippen molar-refractivity contribution in [2.45, 2.75) is 0 Å². The normalized spacial score (nSPS) is 11.8. The number of hydrogen-bond acceptors (Lipinski definition) is 3. The summed E-state index contributed by atoms with van der Waals surface area (Å²) >= 11 is 0. The maximum absolute atomic E-state index is 6.89. The Hall–Kier alpha value is -8.34. The first-order valence-electron chi connectivity index (χ1n) is 22.0. The van der Waals surface area contributed by atoms with Gasteiger partial charge in [-0.1, -0.05) is 187 Å². The van der Waals surface area contributed by atoms with Crippen LogP contribution in [0.15, 0.2) is 241 Å². The van der Waals surface area contributed by atoms with Gasteiger partial charge in [0.2, 0.25) is 0 Å². The smallest absolute Gasteiger partial charge is 0.198 e. The van der Waals surface area contributed by atoms with Crippen molar-refractivity contribution in [3.63, 3.8) is 0 Å². The van der Waals surface area contributed by atoms with Gasteiger partial charge in [0.1, 0.15) is 11.2 Å². The van der Waals surface area contributed by atoms with E-state index in [9.17, 15) is 0 Å². The summed E-state index contributed by atoms with van der Waals surface area (Å²) < 4.78 is 6.89. The predicted octanol–water partition coefficient (Wildman–Crippen LogP) is 14.8. The second-order valence-corrected chi connectivity index (χ2v) is 16.6. The molecule has 1 N–H and O–H groups in total. The Kier molecular flexibility index (Phi) is 9.27. The van der Waals surface area contributed by atoms with E-state index in [1.54, 1.807) is 0 Å². The summed E-state index contributed by atoms with van der Waals surface area (Å²) in [4.78, 5) is 2.49. The minimum absolute atomic E-state index is 0.732.